The monoisotopic (exact) mass is 216 g/mol. The maximum absolute atomic E-state index is 5.91. The van der Waals surface area contributed by atoms with E-state index in [9.17, 15) is 0 Å². The normalized spacial score (nSPS) is 10.2. The number of rotatable bonds is 1. The molecule has 0 saturated carbocycles. The Morgan fingerprint density at radius 3 is 2.20 bits per heavy atom. The molecule has 0 aliphatic carbocycles. The first-order chi connectivity index (χ1) is 7.18. The number of hydrogen-bond donors (Lipinski definition) is 3. The predicted octanol–water partition coefficient (Wildman–Crippen LogP) is 2.81. The van der Waals surface area contributed by atoms with Crippen LogP contribution in [0.2, 0.25) is 0 Å². The van der Waals surface area contributed by atoms with Crippen molar-refractivity contribution in [3.05, 3.63) is 42.5 Å². The van der Waals surface area contributed by atoms with Crippen molar-refractivity contribution in [3.63, 3.8) is 0 Å². The minimum atomic E-state index is 0.613. The molecule has 15 heavy (non-hydrogen) atoms. The molecule has 2 aromatic carbocycles. The summed E-state index contributed by atoms with van der Waals surface area (Å²) < 4.78 is 0. The maximum atomic E-state index is 5.91. The first-order valence-corrected chi connectivity index (χ1v) is 5.06. The fourth-order valence-electron chi connectivity index (χ4n) is 1.48. The van der Waals surface area contributed by atoms with E-state index in [1.54, 1.807) is 6.07 Å². The van der Waals surface area contributed by atoms with E-state index in [0.717, 1.165) is 16.0 Å². The van der Waals surface area contributed by atoms with Gasteiger partial charge in [0.05, 0.1) is 11.4 Å². The molecule has 2 aromatic rings. The minimum Gasteiger partial charge on any atom is -0.397 e. The van der Waals surface area contributed by atoms with Crippen molar-refractivity contribution in [2.75, 3.05) is 11.5 Å². The van der Waals surface area contributed by atoms with Crippen LogP contribution in [0.4, 0.5) is 11.4 Å². The Labute approximate surface area is 94.3 Å². The molecule has 0 aromatic heterocycles. The van der Waals surface area contributed by atoms with E-state index in [-0.39, 0.29) is 0 Å². The second kappa shape index (κ2) is 3.87. The second-order valence-electron chi connectivity index (χ2n) is 3.36. The van der Waals surface area contributed by atoms with Crippen LogP contribution in [-0.4, -0.2) is 0 Å². The quantitative estimate of drug-likeness (QED) is 0.507. The molecule has 4 N–H and O–H groups in total. The third-order valence-corrected chi connectivity index (χ3v) is 2.62. The van der Waals surface area contributed by atoms with Gasteiger partial charge in [0.15, 0.2) is 0 Å². The van der Waals surface area contributed by atoms with Gasteiger partial charge in [-0.05, 0) is 23.8 Å². The number of nitrogens with two attached hydrogens (primary N) is 2. The lowest BCUT2D eigenvalue weighted by Gasteiger charge is -2.08. The van der Waals surface area contributed by atoms with Crippen molar-refractivity contribution >= 4 is 24.0 Å². The summed E-state index contributed by atoms with van der Waals surface area (Å²) in [4.78, 5) is 0.932. The SMILES string of the molecule is Nc1cccc(-c2ccc(S)cc2)c1N. The van der Waals surface area contributed by atoms with E-state index < -0.39 is 0 Å². The van der Waals surface area contributed by atoms with Crippen LogP contribution in [0.5, 0.6) is 0 Å². The molecule has 76 valence electrons. The summed E-state index contributed by atoms with van der Waals surface area (Å²) in [7, 11) is 0. The number of nitrogen functional groups attached to an aromatic ring is 2. The van der Waals surface area contributed by atoms with Crippen LogP contribution >= 0.6 is 12.6 Å². The van der Waals surface area contributed by atoms with Crippen LogP contribution in [0.1, 0.15) is 0 Å². The molecule has 0 atom stereocenters. The van der Waals surface area contributed by atoms with Crippen LogP contribution < -0.4 is 11.5 Å². The predicted molar refractivity (Wildman–Crippen MR) is 68.0 cm³/mol. The van der Waals surface area contributed by atoms with Crippen molar-refractivity contribution < 1.29 is 0 Å². The highest BCUT2D eigenvalue weighted by atomic mass is 32.1. The van der Waals surface area contributed by atoms with Crippen molar-refractivity contribution in [2.24, 2.45) is 0 Å². The first kappa shape index (κ1) is 9.93. The number of anilines is 2. The smallest absolute Gasteiger partial charge is 0.0627 e. The summed E-state index contributed by atoms with van der Waals surface area (Å²) in [5.74, 6) is 0. The van der Waals surface area contributed by atoms with Crippen LogP contribution in [0.3, 0.4) is 0 Å². The Hall–Kier alpha value is -1.61. The molecule has 0 aliphatic heterocycles. The fraction of sp³-hybridized carbons (Fsp3) is 0. The zero-order valence-corrected chi connectivity index (χ0v) is 9.04. The lowest BCUT2D eigenvalue weighted by atomic mass is 10.0. The second-order valence-corrected chi connectivity index (χ2v) is 3.87. The summed E-state index contributed by atoms with van der Waals surface area (Å²) in [6, 6.07) is 13.5. The molecule has 0 fully saturated rings. The largest absolute Gasteiger partial charge is 0.397 e. The molecular formula is C12H12N2S. The van der Waals surface area contributed by atoms with Crippen molar-refractivity contribution in [2.45, 2.75) is 4.90 Å². The highest BCUT2D eigenvalue weighted by Crippen LogP contribution is 2.30. The van der Waals surface area contributed by atoms with E-state index >= 15 is 0 Å². The molecular weight excluding hydrogens is 204 g/mol. The average Bonchev–Trinajstić information content (AvgIpc) is 2.24. The molecule has 2 rings (SSSR count). The zero-order chi connectivity index (χ0) is 10.8. The van der Waals surface area contributed by atoms with E-state index in [4.69, 9.17) is 11.5 Å². The standard InChI is InChI=1S/C12H12N2S/c13-11-3-1-2-10(12(11)14)8-4-6-9(15)7-5-8/h1-7,15H,13-14H2. The summed E-state index contributed by atoms with van der Waals surface area (Å²) in [6.45, 7) is 0. The van der Waals surface area contributed by atoms with E-state index in [1.807, 2.05) is 36.4 Å². The molecule has 0 heterocycles. The Morgan fingerprint density at radius 1 is 0.867 bits per heavy atom. The molecule has 3 heteroatoms. The number of para-hydroxylation sites is 1. The Bertz CT molecular complexity index is 477. The Morgan fingerprint density at radius 2 is 1.53 bits per heavy atom. The average molecular weight is 216 g/mol. The van der Waals surface area contributed by atoms with Gasteiger partial charge in [-0.25, -0.2) is 0 Å². The van der Waals surface area contributed by atoms with Crippen molar-refractivity contribution in [3.8, 4) is 11.1 Å². The lowest BCUT2D eigenvalue weighted by molar-refractivity contribution is 1.47. The van der Waals surface area contributed by atoms with Crippen molar-refractivity contribution in [1.82, 2.24) is 0 Å². The van der Waals surface area contributed by atoms with Gasteiger partial charge in [-0.15, -0.1) is 12.6 Å². The van der Waals surface area contributed by atoms with Gasteiger partial charge in [0, 0.05) is 10.5 Å². The van der Waals surface area contributed by atoms with Gasteiger partial charge in [0.1, 0.15) is 0 Å². The lowest BCUT2D eigenvalue weighted by Crippen LogP contribution is -1.96. The molecule has 0 amide bonds. The van der Waals surface area contributed by atoms with E-state index in [2.05, 4.69) is 12.6 Å². The van der Waals surface area contributed by atoms with E-state index in [1.165, 1.54) is 0 Å². The number of thiol groups is 1. The summed E-state index contributed by atoms with van der Waals surface area (Å²) in [6.07, 6.45) is 0. The van der Waals surface area contributed by atoms with Crippen LogP contribution in [0.15, 0.2) is 47.4 Å². The summed E-state index contributed by atoms with van der Waals surface area (Å²) >= 11 is 4.23. The maximum Gasteiger partial charge on any atom is 0.0627 e. The van der Waals surface area contributed by atoms with Crippen LogP contribution in [-0.2, 0) is 0 Å². The number of hydrogen-bond acceptors (Lipinski definition) is 3. The van der Waals surface area contributed by atoms with Gasteiger partial charge >= 0.3 is 0 Å². The molecule has 0 radical (unpaired) electrons. The van der Waals surface area contributed by atoms with Gasteiger partial charge in [-0.2, -0.15) is 0 Å². The molecule has 0 saturated heterocycles. The molecule has 0 unspecified atom stereocenters. The molecule has 0 bridgehead atoms. The highest BCUT2D eigenvalue weighted by molar-refractivity contribution is 7.80. The third kappa shape index (κ3) is 1.92. The van der Waals surface area contributed by atoms with Gasteiger partial charge in [-0.3, -0.25) is 0 Å². The highest BCUT2D eigenvalue weighted by Gasteiger charge is 2.03. The van der Waals surface area contributed by atoms with Crippen molar-refractivity contribution in [1.29, 1.82) is 0 Å². The topological polar surface area (TPSA) is 52.0 Å². The molecule has 0 aliphatic rings. The molecule has 2 nitrogen and oxygen atoms in total. The van der Waals surface area contributed by atoms with Gasteiger partial charge in [-0.1, -0.05) is 24.3 Å². The molecule has 0 spiro atoms. The van der Waals surface area contributed by atoms with E-state index in [0.29, 0.717) is 11.4 Å². The Balaban J connectivity index is 2.54. The van der Waals surface area contributed by atoms with Crippen LogP contribution in [0, 0.1) is 0 Å². The Kier molecular flexibility index (Phi) is 2.56. The minimum absolute atomic E-state index is 0.613. The zero-order valence-electron chi connectivity index (χ0n) is 8.14. The van der Waals surface area contributed by atoms with Gasteiger partial charge < -0.3 is 11.5 Å². The third-order valence-electron chi connectivity index (χ3n) is 2.32. The number of benzene rings is 2. The van der Waals surface area contributed by atoms with Crippen LogP contribution in [0.25, 0.3) is 11.1 Å². The van der Waals surface area contributed by atoms with Gasteiger partial charge in [0.25, 0.3) is 0 Å². The first-order valence-electron chi connectivity index (χ1n) is 4.62. The fourth-order valence-corrected chi connectivity index (χ4v) is 1.62. The van der Waals surface area contributed by atoms with Gasteiger partial charge in [0.2, 0.25) is 0 Å². The summed E-state index contributed by atoms with van der Waals surface area (Å²) in [5, 5.41) is 0. The summed E-state index contributed by atoms with van der Waals surface area (Å²) in [5.41, 5.74) is 14.9.